The van der Waals surface area contributed by atoms with Crippen LogP contribution in [-0.4, -0.2) is 37.0 Å². The topological polar surface area (TPSA) is 120 Å². The van der Waals surface area contributed by atoms with Gasteiger partial charge in [-0.15, -0.1) is 0 Å². The van der Waals surface area contributed by atoms with Crippen molar-refractivity contribution < 1.29 is 14.3 Å². The maximum Gasteiger partial charge on any atom is 0.328 e. The predicted molar refractivity (Wildman–Crippen MR) is 156 cm³/mol. The molecule has 1 amide bonds. The summed E-state index contributed by atoms with van der Waals surface area (Å²) >= 11 is 0. The maximum atomic E-state index is 12.4. The van der Waals surface area contributed by atoms with Crippen molar-refractivity contribution in [3.05, 3.63) is 0 Å². The normalized spacial score (nSPS) is 11.7. The van der Waals surface area contributed by atoms with Crippen LogP contribution in [0.2, 0.25) is 0 Å². The number of carbonyl (C=O) groups is 2. The van der Waals surface area contributed by atoms with Gasteiger partial charge in [-0.2, -0.15) is 0 Å². The van der Waals surface area contributed by atoms with Crippen molar-refractivity contribution in [2.24, 2.45) is 16.5 Å². The Bertz CT molecular complexity index is 565. The molecule has 0 bridgehead atoms. The average molecular weight is 525 g/mol. The fourth-order valence-corrected chi connectivity index (χ4v) is 4.45. The molecule has 0 aliphatic heterocycles. The Morgan fingerprint density at radius 1 is 0.676 bits per heavy atom. The second-order valence-corrected chi connectivity index (χ2v) is 10.5. The zero-order chi connectivity index (χ0) is 27.4. The number of nitrogens with zero attached hydrogens (tertiary/aromatic N) is 1. The quantitative estimate of drug-likeness (QED) is 0.0467. The van der Waals surface area contributed by atoms with Crippen LogP contribution < -0.4 is 16.8 Å². The third-order valence-corrected chi connectivity index (χ3v) is 6.81. The van der Waals surface area contributed by atoms with E-state index in [0.29, 0.717) is 32.4 Å². The second-order valence-electron chi connectivity index (χ2n) is 10.5. The minimum Gasteiger partial charge on any atom is -0.464 e. The summed E-state index contributed by atoms with van der Waals surface area (Å²) < 4.78 is 5.32. The van der Waals surface area contributed by atoms with Crippen molar-refractivity contribution in [3.63, 3.8) is 0 Å². The maximum absolute atomic E-state index is 12.4. The molecule has 0 heterocycles. The van der Waals surface area contributed by atoms with Crippen molar-refractivity contribution in [3.8, 4) is 0 Å². The summed E-state index contributed by atoms with van der Waals surface area (Å²) in [5, 5.41) is 2.86. The van der Waals surface area contributed by atoms with Crippen LogP contribution in [0.4, 0.5) is 0 Å². The lowest BCUT2D eigenvalue weighted by Crippen LogP contribution is -2.42. The van der Waals surface area contributed by atoms with Gasteiger partial charge in [-0.1, -0.05) is 123 Å². The molecular weight excluding hydrogens is 464 g/mol. The van der Waals surface area contributed by atoms with E-state index in [1.165, 1.54) is 96.3 Å². The molecule has 0 aliphatic carbocycles. The Morgan fingerprint density at radius 3 is 1.59 bits per heavy atom. The second kappa shape index (κ2) is 27.3. The van der Waals surface area contributed by atoms with E-state index in [2.05, 4.69) is 17.2 Å². The van der Waals surface area contributed by atoms with Gasteiger partial charge in [0.05, 0.1) is 6.61 Å². The molecule has 0 aromatic carbocycles. The molecule has 0 unspecified atom stereocenters. The van der Waals surface area contributed by atoms with Gasteiger partial charge < -0.3 is 21.5 Å². The summed E-state index contributed by atoms with van der Waals surface area (Å²) in [6, 6.07) is -0.635. The highest BCUT2D eigenvalue weighted by Crippen LogP contribution is 2.14. The number of guanidine groups is 1. The number of amides is 1. The molecule has 7 nitrogen and oxygen atoms in total. The summed E-state index contributed by atoms with van der Waals surface area (Å²) in [5.74, 6) is -0.418. The van der Waals surface area contributed by atoms with E-state index in [0.717, 1.165) is 25.7 Å². The minimum absolute atomic E-state index is 0.0323. The number of unbranched alkanes of at least 4 members (excludes halogenated alkanes) is 17. The predicted octanol–water partition coefficient (Wildman–Crippen LogP) is 6.91. The van der Waals surface area contributed by atoms with Crippen molar-refractivity contribution in [1.82, 2.24) is 5.32 Å². The van der Waals surface area contributed by atoms with Crippen molar-refractivity contribution in [2.75, 3.05) is 13.2 Å². The number of esters is 1. The third kappa shape index (κ3) is 25.6. The van der Waals surface area contributed by atoms with Gasteiger partial charge in [0, 0.05) is 13.0 Å². The van der Waals surface area contributed by atoms with Crippen molar-refractivity contribution in [2.45, 2.75) is 161 Å². The molecule has 0 radical (unpaired) electrons. The fourth-order valence-electron chi connectivity index (χ4n) is 4.45. The largest absolute Gasteiger partial charge is 0.464 e. The number of rotatable bonds is 27. The number of carbonyl (C=O) groups excluding carboxylic acids is 2. The molecule has 0 aliphatic rings. The first kappa shape index (κ1) is 35.2. The molecule has 218 valence electrons. The number of ether oxygens (including phenoxy) is 1. The summed E-state index contributed by atoms with van der Waals surface area (Å²) in [4.78, 5) is 28.7. The van der Waals surface area contributed by atoms with Crippen LogP contribution in [0.1, 0.15) is 155 Å². The third-order valence-electron chi connectivity index (χ3n) is 6.81. The number of nitrogens with two attached hydrogens (primary N) is 2. The van der Waals surface area contributed by atoms with E-state index in [1.54, 1.807) is 0 Å². The molecule has 0 aromatic rings. The van der Waals surface area contributed by atoms with Crippen LogP contribution in [0.15, 0.2) is 4.99 Å². The molecule has 0 aromatic heterocycles. The molecule has 0 spiro atoms. The first-order chi connectivity index (χ1) is 18.0. The lowest BCUT2D eigenvalue weighted by molar-refractivity contribution is -0.148. The van der Waals surface area contributed by atoms with Gasteiger partial charge >= 0.3 is 5.97 Å². The number of hydrogen-bond acceptors (Lipinski definition) is 4. The van der Waals surface area contributed by atoms with Gasteiger partial charge in [0.15, 0.2) is 5.96 Å². The highest BCUT2D eigenvalue weighted by molar-refractivity contribution is 5.84. The molecule has 0 rings (SSSR count). The van der Waals surface area contributed by atoms with Gasteiger partial charge in [0.25, 0.3) is 0 Å². The van der Waals surface area contributed by atoms with Crippen molar-refractivity contribution >= 4 is 17.8 Å². The Morgan fingerprint density at radius 2 is 1.14 bits per heavy atom. The van der Waals surface area contributed by atoms with Gasteiger partial charge in [-0.05, 0) is 25.7 Å². The van der Waals surface area contributed by atoms with E-state index < -0.39 is 6.04 Å². The molecule has 5 N–H and O–H groups in total. The van der Waals surface area contributed by atoms with Gasteiger partial charge in [0.1, 0.15) is 6.04 Å². The smallest absolute Gasteiger partial charge is 0.328 e. The summed E-state index contributed by atoms with van der Waals surface area (Å²) in [6.45, 7) is 5.13. The van der Waals surface area contributed by atoms with E-state index in [4.69, 9.17) is 16.2 Å². The SMILES string of the molecule is CCCCCCCCCCCCCCCCCCCC(=O)N[C@@H](CCCN=C(N)N)C(=O)OCCCC. The zero-order valence-electron chi connectivity index (χ0n) is 24.4. The Kier molecular flexibility index (Phi) is 25.9. The van der Waals surface area contributed by atoms with E-state index in [1.807, 2.05) is 6.92 Å². The molecular formula is C30H60N4O3. The van der Waals surface area contributed by atoms with Gasteiger partial charge in [0.2, 0.25) is 5.91 Å². The number of nitrogens with one attached hydrogen (secondary N) is 1. The summed E-state index contributed by atoms with van der Waals surface area (Å²) in [6.07, 6.45) is 25.6. The van der Waals surface area contributed by atoms with Crippen molar-refractivity contribution in [1.29, 1.82) is 0 Å². The molecule has 0 saturated heterocycles. The Labute approximate surface area is 228 Å². The first-order valence-corrected chi connectivity index (χ1v) is 15.5. The molecule has 0 saturated carbocycles. The Hall–Kier alpha value is -1.79. The summed E-state index contributed by atoms with van der Waals surface area (Å²) in [5.41, 5.74) is 10.7. The van der Waals surface area contributed by atoms with Crippen LogP contribution >= 0.6 is 0 Å². The van der Waals surface area contributed by atoms with Crippen LogP contribution in [0, 0.1) is 0 Å². The zero-order valence-corrected chi connectivity index (χ0v) is 24.4. The van der Waals surface area contributed by atoms with Crippen LogP contribution in [0.3, 0.4) is 0 Å². The van der Waals surface area contributed by atoms with E-state index in [-0.39, 0.29) is 17.8 Å². The highest BCUT2D eigenvalue weighted by atomic mass is 16.5. The van der Waals surface area contributed by atoms with E-state index >= 15 is 0 Å². The lowest BCUT2D eigenvalue weighted by Gasteiger charge is -2.17. The minimum atomic E-state index is -0.635. The number of aliphatic imine (C=N–C) groups is 1. The van der Waals surface area contributed by atoms with Gasteiger partial charge in [-0.3, -0.25) is 9.79 Å². The van der Waals surface area contributed by atoms with Crippen LogP contribution in [-0.2, 0) is 14.3 Å². The molecule has 1 atom stereocenters. The first-order valence-electron chi connectivity index (χ1n) is 15.5. The molecule has 37 heavy (non-hydrogen) atoms. The Balaban J connectivity index is 3.78. The molecule has 7 heteroatoms. The fraction of sp³-hybridized carbons (Fsp3) is 0.900. The molecule has 0 fully saturated rings. The van der Waals surface area contributed by atoms with Crippen LogP contribution in [0.5, 0.6) is 0 Å². The van der Waals surface area contributed by atoms with E-state index in [9.17, 15) is 9.59 Å². The van der Waals surface area contributed by atoms with Crippen LogP contribution in [0.25, 0.3) is 0 Å². The van der Waals surface area contributed by atoms with Gasteiger partial charge in [-0.25, -0.2) is 4.79 Å². The lowest BCUT2D eigenvalue weighted by atomic mass is 10.0. The highest BCUT2D eigenvalue weighted by Gasteiger charge is 2.21. The standard InChI is InChI=1S/C30H60N4O3/c1-3-5-7-8-9-10-11-12-13-14-15-16-17-18-19-20-21-24-28(35)34-27(23-22-25-33-30(31)32)29(36)37-26-6-4-2/h27H,3-26H2,1-2H3,(H,34,35)(H4,31,32,33)/t27-/m0/s1. The number of hydrogen-bond donors (Lipinski definition) is 3. The summed E-state index contributed by atoms with van der Waals surface area (Å²) in [7, 11) is 0. The monoisotopic (exact) mass is 524 g/mol. The average Bonchev–Trinajstić information content (AvgIpc) is 2.87.